The summed E-state index contributed by atoms with van der Waals surface area (Å²) in [5.41, 5.74) is 2.21. The van der Waals surface area contributed by atoms with Gasteiger partial charge in [-0.1, -0.05) is 38.1 Å². The number of imide groups is 1. The van der Waals surface area contributed by atoms with Crippen LogP contribution in [0.2, 0.25) is 0 Å². The van der Waals surface area contributed by atoms with Gasteiger partial charge in [0.2, 0.25) is 0 Å². The predicted molar refractivity (Wildman–Crippen MR) is 78.9 cm³/mol. The van der Waals surface area contributed by atoms with E-state index in [1.807, 2.05) is 12.1 Å². The number of nitrogens with zero attached hydrogens (tertiary/aromatic N) is 1. The van der Waals surface area contributed by atoms with Crippen molar-refractivity contribution >= 4 is 29.0 Å². The Kier molecular flexibility index (Phi) is 4.10. The van der Waals surface area contributed by atoms with Crippen LogP contribution >= 0.6 is 11.8 Å². The number of thioether (sulfide) groups is 1. The molecule has 1 saturated heterocycles. The first-order chi connectivity index (χ1) is 9.02. The van der Waals surface area contributed by atoms with Crippen LogP contribution in [0, 0.1) is 0 Å². The Morgan fingerprint density at radius 3 is 2.32 bits per heavy atom. The molecule has 1 aliphatic rings. The number of hydrogen-bond donors (Lipinski definition) is 0. The molecule has 2 rings (SSSR count). The monoisotopic (exact) mass is 275 g/mol. The van der Waals surface area contributed by atoms with Gasteiger partial charge in [0.25, 0.3) is 11.1 Å². The first-order valence-corrected chi connectivity index (χ1v) is 7.20. The Hall–Kier alpha value is -1.55. The summed E-state index contributed by atoms with van der Waals surface area (Å²) in [6, 6.07) is 8.08. The first-order valence-electron chi connectivity index (χ1n) is 6.38. The molecule has 1 aromatic rings. The van der Waals surface area contributed by atoms with E-state index in [4.69, 9.17) is 0 Å². The van der Waals surface area contributed by atoms with Gasteiger partial charge in [0.1, 0.15) is 0 Å². The second-order valence-electron chi connectivity index (χ2n) is 4.75. The number of carbonyl (C=O) groups excluding carboxylic acids is 2. The summed E-state index contributed by atoms with van der Waals surface area (Å²) < 4.78 is 0. The minimum absolute atomic E-state index is 0.183. The lowest BCUT2D eigenvalue weighted by Gasteiger charge is -2.07. The molecule has 0 unspecified atom stereocenters. The molecule has 1 heterocycles. The highest BCUT2D eigenvalue weighted by Crippen LogP contribution is 2.32. The van der Waals surface area contributed by atoms with Crippen LogP contribution in [0.1, 0.15) is 37.8 Å². The molecule has 19 heavy (non-hydrogen) atoms. The smallest absolute Gasteiger partial charge is 0.269 e. The molecule has 0 atom stereocenters. The summed E-state index contributed by atoms with van der Waals surface area (Å²) in [6.07, 6.45) is 1.78. The molecule has 1 aromatic carbocycles. The van der Waals surface area contributed by atoms with E-state index in [1.165, 1.54) is 10.5 Å². The molecule has 0 bridgehead atoms. The van der Waals surface area contributed by atoms with Gasteiger partial charge < -0.3 is 0 Å². The van der Waals surface area contributed by atoms with E-state index in [2.05, 4.69) is 26.0 Å². The van der Waals surface area contributed by atoms with Gasteiger partial charge in [-0.3, -0.25) is 14.5 Å². The molecule has 0 radical (unpaired) electrons. The number of rotatable bonds is 3. The van der Waals surface area contributed by atoms with E-state index in [1.54, 1.807) is 13.0 Å². The minimum Gasteiger partial charge on any atom is -0.269 e. The van der Waals surface area contributed by atoms with Crippen molar-refractivity contribution in [2.24, 2.45) is 0 Å². The molecule has 2 amide bonds. The third-order valence-electron chi connectivity index (χ3n) is 3.09. The maximum absolute atomic E-state index is 11.9. The maximum Gasteiger partial charge on any atom is 0.293 e. The van der Waals surface area contributed by atoms with Crippen molar-refractivity contribution in [1.29, 1.82) is 0 Å². The van der Waals surface area contributed by atoms with Crippen LogP contribution in [-0.4, -0.2) is 22.6 Å². The van der Waals surface area contributed by atoms with Gasteiger partial charge >= 0.3 is 0 Å². The molecule has 0 spiro atoms. The van der Waals surface area contributed by atoms with Crippen LogP contribution in [0.25, 0.3) is 6.08 Å². The fraction of sp³-hybridized carbons (Fsp3) is 0.333. The molecule has 1 aliphatic heterocycles. The summed E-state index contributed by atoms with van der Waals surface area (Å²) >= 11 is 1.01. The Morgan fingerprint density at radius 2 is 1.84 bits per heavy atom. The Labute approximate surface area is 117 Å². The lowest BCUT2D eigenvalue weighted by Crippen LogP contribution is -2.27. The third-order valence-corrected chi connectivity index (χ3v) is 4.00. The maximum atomic E-state index is 11.9. The lowest BCUT2D eigenvalue weighted by molar-refractivity contribution is -0.122. The number of hydrogen-bond acceptors (Lipinski definition) is 3. The zero-order valence-corrected chi connectivity index (χ0v) is 12.2. The van der Waals surface area contributed by atoms with Crippen molar-refractivity contribution in [1.82, 2.24) is 4.90 Å². The van der Waals surface area contributed by atoms with Gasteiger partial charge in [-0.15, -0.1) is 0 Å². The van der Waals surface area contributed by atoms with Gasteiger partial charge in [0, 0.05) is 6.54 Å². The average Bonchev–Trinajstić information content (AvgIpc) is 2.64. The highest BCUT2D eigenvalue weighted by atomic mass is 32.2. The molecule has 0 saturated carbocycles. The van der Waals surface area contributed by atoms with Gasteiger partial charge in [-0.2, -0.15) is 0 Å². The van der Waals surface area contributed by atoms with Gasteiger partial charge in [0.15, 0.2) is 0 Å². The summed E-state index contributed by atoms with van der Waals surface area (Å²) in [5.74, 6) is 0.298. The molecule has 0 aliphatic carbocycles. The normalized spacial score (nSPS) is 17.9. The highest BCUT2D eigenvalue weighted by Gasteiger charge is 2.33. The van der Waals surface area contributed by atoms with Gasteiger partial charge in [0.05, 0.1) is 4.91 Å². The third kappa shape index (κ3) is 2.89. The molecule has 4 heteroatoms. The van der Waals surface area contributed by atoms with Crippen molar-refractivity contribution in [2.45, 2.75) is 26.7 Å². The molecular weight excluding hydrogens is 258 g/mol. The Balaban J connectivity index is 2.22. The summed E-state index contributed by atoms with van der Waals surface area (Å²) in [6.45, 7) is 6.51. The van der Waals surface area contributed by atoms with Crippen LogP contribution in [-0.2, 0) is 4.79 Å². The van der Waals surface area contributed by atoms with Crippen LogP contribution in [0.15, 0.2) is 29.2 Å². The van der Waals surface area contributed by atoms with Gasteiger partial charge in [-0.05, 0) is 41.8 Å². The van der Waals surface area contributed by atoms with E-state index < -0.39 is 0 Å². The van der Waals surface area contributed by atoms with E-state index in [0.29, 0.717) is 17.4 Å². The summed E-state index contributed by atoms with van der Waals surface area (Å²) in [7, 11) is 0. The molecule has 3 nitrogen and oxygen atoms in total. The Morgan fingerprint density at radius 1 is 1.21 bits per heavy atom. The molecule has 0 aromatic heterocycles. The van der Waals surface area contributed by atoms with E-state index in [9.17, 15) is 9.59 Å². The van der Waals surface area contributed by atoms with E-state index in [-0.39, 0.29) is 11.1 Å². The predicted octanol–water partition coefficient (Wildman–Crippen LogP) is 3.87. The van der Waals surface area contributed by atoms with Crippen molar-refractivity contribution in [3.63, 3.8) is 0 Å². The van der Waals surface area contributed by atoms with Crippen LogP contribution in [0.4, 0.5) is 4.79 Å². The second kappa shape index (κ2) is 5.61. The quantitative estimate of drug-likeness (QED) is 0.786. The van der Waals surface area contributed by atoms with Crippen LogP contribution in [0.3, 0.4) is 0 Å². The van der Waals surface area contributed by atoms with Crippen molar-refractivity contribution in [3.05, 3.63) is 40.3 Å². The van der Waals surface area contributed by atoms with Crippen LogP contribution in [0.5, 0.6) is 0 Å². The number of likely N-dealkylation sites (N-methyl/N-ethyl adjacent to an activating group) is 1. The zero-order valence-electron chi connectivity index (χ0n) is 11.3. The SMILES string of the molecule is CCN1C(=O)SC(=Cc2ccc(C(C)C)cc2)C1=O. The molecule has 100 valence electrons. The van der Waals surface area contributed by atoms with E-state index >= 15 is 0 Å². The fourth-order valence-corrected chi connectivity index (χ4v) is 2.80. The number of amides is 2. The largest absolute Gasteiger partial charge is 0.293 e. The topological polar surface area (TPSA) is 37.4 Å². The molecule has 0 N–H and O–H groups in total. The number of carbonyl (C=O) groups is 2. The van der Waals surface area contributed by atoms with Crippen LogP contribution < -0.4 is 0 Å². The fourth-order valence-electron chi connectivity index (χ4n) is 1.90. The van der Waals surface area contributed by atoms with Crippen molar-refractivity contribution in [3.8, 4) is 0 Å². The average molecular weight is 275 g/mol. The number of benzene rings is 1. The van der Waals surface area contributed by atoms with E-state index in [0.717, 1.165) is 17.3 Å². The summed E-state index contributed by atoms with van der Waals surface area (Å²) in [4.78, 5) is 25.3. The lowest BCUT2D eigenvalue weighted by atomic mass is 10.0. The Bertz CT molecular complexity index is 532. The molecule has 1 fully saturated rings. The van der Waals surface area contributed by atoms with Crippen molar-refractivity contribution < 1.29 is 9.59 Å². The van der Waals surface area contributed by atoms with Crippen molar-refractivity contribution in [2.75, 3.05) is 6.54 Å². The minimum atomic E-state index is -0.189. The highest BCUT2D eigenvalue weighted by molar-refractivity contribution is 8.18. The summed E-state index contributed by atoms with van der Waals surface area (Å²) in [5, 5.41) is -0.183. The first kappa shape index (κ1) is 13.9. The second-order valence-corrected chi connectivity index (χ2v) is 5.74. The van der Waals surface area contributed by atoms with Gasteiger partial charge in [-0.25, -0.2) is 0 Å². The standard InChI is InChI=1S/C15H17NO2S/c1-4-16-14(17)13(19-15(16)18)9-11-5-7-12(8-6-11)10(2)3/h5-10H,4H2,1-3H3. The zero-order chi connectivity index (χ0) is 14.0. The molecular formula is C15H17NO2S.